The Morgan fingerprint density at radius 1 is 1.15 bits per heavy atom. The van der Waals surface area contributed by atoms with E-state index in [4.69, 9.17) is 0 Å². The van der Waals surface area contributed by atoms with E-state index < -0.39 is 11.9 Å². The average molecular weight is 279 g/mol. The molecule has 5 heteroatoms. The monoisotopic (exact) mass is 279 g/mol. The molecule has 0 amide bonds. The number of alkyl halides is 3. The van der Waals surface area contributed by atoms with Gasteiger partial charge in [-0.3, -0.25) is 9.78 Å². The van der Waals surface area contributed by atoms with E-state index in [-0.39, 0.29) is 0 Å². The SMILES string of the molecule is CCc1cc(C=O)cc(-c2ccc(C(F)(F)F)nc2)c1. The zero-order chi connectivity index (χ0) is 14.8. The summed E-state index contributed by atoms with van der Waals surface area (Å²) in [6.45, 7) is 1.94. The number of hydrogen-bond donors (Lipinski definition) is 0. The van der Waals surface area contributed by atoms with E-state index in [1.54, 1.807) is 12.1 Å². The summed E-state index contributed by atoms with van der Waals surface area (Å²) in [6.07, 6.45) is -1.81. The minimum Gasteiger partial charge on any atom is -0.298 e. The zero-order valence-electron chi connectivity index (χ0n) is 10.7. The standard InChI is InChI=1S/C15H12F3NO/c1-2-10-5-11(9-20)7-13(6-10)12-3-4-14(19-8-12)15(16,17)18/h3-9H,2H2,1H3. The van der Waals surface area contributed by atoms with E-state index in [0.717, 1.165) is 24.3 Å². The van der Waals surface area contributed by atoms with Crippen molar-refractivity contribution in [2.24, 2.45) is 0 Å². The molecule has 104 valence electrons. The summed E-state index contributed by atoms with van der Waals surface area (Å²) >= 11 is 0. The highest BCUT2D eigenvalue weighted by Gasteiger charge is 2.32. The maximum absolute atomic E-state index is 12.5. The van der Waals surface area contributed by atoms with Crippen LogP contribution < -0.4 is 0 Å². The third-order valence-electron chi connectivity index (χ3n) is 2.95. The van der Waals surface area contributed by atoms with E-state index in [2.05, 4.69) is 4.98 Å². The van der Waals surface area contributed by atoms with E-state index in [0.29, 0.717) is 16.7 Å². The number of halogens is 3. The highest BCUT2D eigenvalue weighted by Crippen LogP contribution is 2.29. The Bertz CT molecular complexity index is 618. The van der Waals surface area contributed by atoms with Crippen LogP contribution in [0.2, 0.25) is 0 Å². The average Bonchev–Trinajstić information content (AvgIpc) is 2.46. The van der Waals surface area contributed by atoms with Crippen LogP contribution in [0, 0.1) is 0 Å². The minimum atomic E-state index is -4.45. The maximum atomic E-state index is 12.5. The first kappa shape index (κ1) is 14.2. The summed E-state index contributed by atoms with van der Waals surface area (Å²) in [7, 11) is 0. The summed E-state index contributed by atoms with van der Waals surface area (Å²) in [5.74, 6) is 0. The predicted molar refractivity (Wildman–Crippen MR) is 69.4 cm³/mol. The first-order chi connectivity index (χ1) is 9.44. The van der Waals surface area contributed by atoms with Crippen LogP contribution >= 0.6 is 0 Å². The third kappa shape index (κ3) is 3.04. The number of pyridine rings is 1. The van der Waals surface area contributed by atoms with Crippen LogP contribution in [-0.2, 0) is 12.6 Å². The molecule has 0 spiro atoms. The quantitative estimate of drug-likeness (QED) is 0.790. The Hall–Kier alpha value is -2.17. The molecule has 2 rings (SSSR count). The highest BCUT2D eigenvalue weighted by molar-refractivity contribution is 5.79. The van der Waals surface area contributed by atoms with Gasteiger partial charge in [0.15, 0.2) is 0 Å². The second-order valence-electron chi connectivity index (χ2n) is 4.36. The van der Waals surface area contributed by atoms with Gasteiger partial charge in [-0.1, -0.05) is 19.1 Å². The smallest absolute Gasteiger partial charge is 0.298 e. The fourth-order valence-corrected chi connectivity index (χ4v) is 1.89. The molecule has 0 aliphatic heterocycles. The van der Waals surface area contributed by atoms with Crippen molar-refractivity contribution in [2.75, 3.05) is 0 Å². The normalized spacial score (nSPS) is 11.4. The molecule has 0 N–H and O–H groups in total. The molecule has 2 aromatic rings. The van der Waals surface area contributed by atoms with Gasteiger partial charge in [0.25, 0.3) is 0 Å². The van der Waals surface area contributed by atoms with Gasteiger partial charge in [0.05, 0.1) is 0 Å². The number of aryl methyl sites for hydroxylation is 1. The van der Waals surface area contributed by atoms with Gasteiger partial charge in [-0.15, -0.1) is 0 Å². The molecule has 1 aromatic heterocycles. The molecule has 20 heavy (non-hydrogen) atoms. The third-order valence-corrected chi connectivity index (χ3v) is 2.95. The summed E-state index contributed by atoms with van der Waals surface area (Å²) < 4.78 is 37.4. The van der Waals surface area contributed by atoms with E-state index in [1.807, 2.05) is 13.0 Å². The summed E-state index contributed by atoms with van der Waals surface area (Å²) in [4.78, 5) is 14.3. The van der Waals surface area contributed by atoms with E-state index >= 15 is 0 Å². The fourth-order valence-electron chi connectivity index (χ4n) is 1.89. The lowest BCUT2D eigenvalue weighted by atomic mass is 10.00. The van der Waals surface area contributed by atoms with Gasteiger partial charge < -0.3 is 0 Å². The van der Waals surface area contributed by atoms with Gasteiger partial charge in [0.1, 0.15) is 12.0 Å². The number of aromatic nitrogens is 1. The van der Waals surface area contributed by atoms with Crippen LogP contribution in [-0.4, -0.2) is 11.3 Å². The van der Waals surface area contributed by atoms with Crippen molar-refractivity contribution in [1.29, 1.82) is 0 Å². The van der Waals surface area contributed by atoms with E-state index in [1.165, 1.54) is 12.3 Å². The molecular formula is C15H12F3NO. The van der Waals surface area contributed by atoms with Crippen LogP contribution in [0.3, 0.4) is 0 Å². The Labute approximate surface area is 114 Å². The number of aldehydes is 1. The number of rotatable bonds is 3. The maximum Gasteiger partial charge on any atom is 0.433 e. The number of benzene rings is 1. The predicted octanol–water partition coefficient (Wildman–Crippen LogP) is 4.14. The van der Waals surface area contributed by atoms with Crippen LogP contribution in [0.25, 0.3) is 11.1 Å². The molecule has 0 aliphatic carbocycles. The highest BCUT2D eigenvalue weighted by atomic mass is 19.4. The van der Waals surface area contributed by atoms with Crippen molar-refractivity contribution in [1.82, 2.24) is 4.98 Å². The Balaban J connectivity index is 2.43. The zero-order valence-corrected chi connectivity index (χ0v) is 10.7. The number of carbonyl (C=O) groups is 1. The van der Waals surface area contributed by atoms with Gasteiger partial charge in [-0.25, -0.2) is 0 Å². The lowest BCUT2D eigenvalue weighted by Gasteiger charge is -2.08. The van der Waals surface area contributed by atoms with Gasteiger partial charge in [-0.2, -0.15) is 13.2 Å². The summed E-state index contributed by atoms with van der Waals surface area (Å²) in [5.41, 5.74) is 1.76. The molecule has 0 aliphatic rings. The van der Waals surface area contributed by atoms with Gasteiger partial charge in [0, 0.05) is 17.3 Å². The fraction of sp³-hybridized carbons (Fsp3) is 0.200. The van der Waals surface area contributed by atoms with Crippen molar-refractivity contribution >= 4 is 6.29 Å². The van der Waals surface area contributed by atoms with Crippen molar-refractivity contribution in [3.05, 3.63) is 53.3 Å². The second kappa shape index (κ2) is 5.45. The number of carbonyl (C=O) groups excluding carboxylic acids is 1. The minimum absolute atomic E-state index is 0.499. The van der Waals surface area contributed by atoms with Crippen LogP contribution in [0.4, 0.5) is 13.2 Å². The van der Waals surface area contributed by atoms with Crippen LogP contribution in [0.15, 0.2) is 36.5 Å². The molecule has 1 aromatic carbocycles. The molecule has 0 atom stereocenters. The van der Waals surface area contributed by atoms with Gasteiger partial charge in [0.2, 0.25) is 0 Å². The molecule has 0 bridgehead atoms. The molecular weight excluding hydrogens is 267 g/mol. The largest absolute Gasteiger partial charge is 0.433 e. The van der Waals surface area contributed by atoms with Crippen LogP contribution in [0.5, 0.6) is 0 Å². The number of hydrogen-bond acceptors (Lipinski definition) is 2. The van der Waals surface area contributed by atoms with Gasteiger partial charge in [-0.05, 0) is 35.7 Å². The molecule has 0 radical (unpaired) electrons. The molecule has 0 unspecified atom stereocenters. The van der Waals surface area contributed by atoms with Crippen molar-refractivity contribution < 1.29 is 18.0 Å². The van der Waals surface area contributed by atoms with Crippen LogP contribution in [0.1, 0.15) is 28.5 Å². The first-order valence-electron chi connectivity index (χ1n) is 6.07. The molecule has 0 fully saturated rings. The van der Waals surface area contributed by atoms with Crippen molar-refractivity contribution in [3.8, 4) is 11.1 Å². The lowest BCUT2D eigenvalue weighted by molar-refractivity contribution is -0.141. The molecule has 2 nitrogen and oxygen atoms in total. The van der Waals surface area contributed by atoms with Crippen molar-refractivity contribution in [3.63, 3.8) is 0 Å². The first-order valence-corrected chi connectivity index (χ1v) is 6.07. The van der Waals surface area contributed by atoms with E-state index in [9.17, 15) is 18.0 Å². The summed E-state index contributed by atoms with van der Waals surface area (Å²) in [6, 6.07) is 7.54. The molecule has 1 heterocycles. The summed E-state index contributed by atoms with van der Waals surface area (Å²) in [5, 5.41) is 0. The Kier molecular flexibility index (Phi) is 3.88. The Morgan fingerprint density at radius 2 is 1.90 bits per heavy atom. The lowest BCUT2D eigenvalue weighted by Crippen LogP contribution is -2.07. The Morgan fingerprint density at radius 3 is 2.40 bits per heavy atom. The molecule has 0 saturated carbocycles. The topological polar surface area (TPSA) is 30.0 Å². The second-order valence-corrected chi connectivity index (χ2v) is 4.36. The number of nitrogens with zero attached hydrogens (tertiary/aromatic N) is 1. The van der Waals surface area contributed by atoms with Gasteiger partial charge >= 0.3 is 6.18 Å². The van der Waals surface area contributed by atoms with Crippen molar-refractivity contribution in [2.45, 2.75) is 19.5 Å². The molecule has 0 saturated heterocycles.